The summed E-state index contributed by atoms with van der Waals surface area (Å²) in [7, 11) is -3.60. The second-order valence-corrected chi connectivity index (χ2v) is 7.05. The lowest BCUT2D eigenvalue weighted by Crippen LogP contribution is -2.13. The summed E-state index contributed by atoms with van der Waals surface area (Å²) in [6.45, 7) is 3.66. The molecule has 2 rings (SSSR count). The van der Waals surface area contributed by atoms with E-state index in [1.165, 1.54) is 0 Å². The molecule has 0 aliphatic carbocycles. The highest BCUT2D eigenvalue weighted by molar-refractivity contribution is 8.03. The molecule has 0 unspecified atom stereocenters. The van der Waals surface area contributed by atoms with Crippen molar-refractivity contribution in [3.63, 3.8) is 0 Å². The molecule has 0 heterocycles. The van der Waals surface area contributed by atoms with Crippen molar-refractivity contribution in [1.82, 2.24) is 0 Å². The Morgan fingerprint density at radius 1 is 1.10 bits per heavy atom. The zero-order valence-electron chi connectivity index (χ0n) is 11.6. The number of nitriles is 1. The highest BCUT2D eigenvalue weighted by Crippen LogP contribution is 2.29. The van der Waals surface area contributed by atoms with Gasteiger partial charge in [0.25, 0.3) is 10.0 Å². The lowest BCUT2D eigenvalue weighted by molar-refractivity contribution is 0.601. The maximum Gasteiger partial charge on any atom is 0.261 e. The molecule has 6 heteroatoms. The van der Waals surface area contributed by atoms with Crippen LogP contribution in [0.4, 0.5) is 5.69 Å². The largest absolute Gasteiger partial charge is 0.279 e. The average Bonchev–Trinajstić information content (AvgIpc) is 2.45. The number of nitrogens with one attached hydrogen (secondary N) is 1. The van der Waals surface area contributed by atoms with Crippen LogP contribution in [-0.2, 0) is 10.0 Å². The number of thiocyanates is 1. The van der Waals surface area contributed by atoms with Crippen LogP contribution in [0.1, 0.15) is 11.1 Å². The Balaban J connectivity index is 2.37. The van der Waals surface area contributed by atoms with Crippen molar-refractivity contribution in [2.24, 2.45) is 0 Å². The molecule has 0 saturated carbocycles. The summed E-state index contributed by atoms with van der Waals surface area (Å²) < 4.78 is 27.2. The molecule has 1 N–H and O–H groups in total. The van der Waals surface area contributed by atoms with Crippen LogP contribution in [0.2, 0.25) is 0 Å². The van der Waals surface area contributed by atoms with E-state index in [1.54, 1.807) is 36.4 Å². The summed E-state index contributed by atoms with van der Waals surface area (Å²) in [5.41, 5.74) is 2.16. The van der Waals surface area contributed by atoms with Gasteiger partial charge < -0.3 is 0 Å². The molecular formula is C15H14N2O2S2. The molecule has 0 amide bonds. The molecule has 0 saturated heterocycles. The zero-order valence-corrected chi connectivity index (χ0v) is 13.3. The monoisotopic (exact) mass is 318 g/mol. The predicted octanol–water partition coefficient (Wildman–Crippen LogP) is 3.68. The molecule has 0 aliphatic heterocycles. The third-order valence-electron chi connectivity index (χ3n) is 2.98. The van der Waals surface area contributed by atoms with Crippen molar-refractivity contribution in [3.05, 3.63) is 53.6 Å². The maximum atomic E-state index is 12.3. The number of anilines is 1. The number of thioether (sulfide) groups is 1. The van der Waals surface area contributed by atoms with E-state index in [1.807, 2.05) is 25.3 Å². The normalized spacial score (nSPS) is 10.9. The van der Waals surface area contributed by atoms with Gasteiger partial charge in [0, 0.05) is 4.90 Å². The van der Waals surface area contributed by atoms with E-state index in [0.29, 0.717) is 5.69 Å². The second kappa shape index (κ2) is 6.20. The molecule has 4 nitrogen and oxygen atoms in total. The molecule has 21 heavy (non-hydrogen) atoms. The van der Waals surface area contributed by atoms with Gasteiger partial charge in [0.15, 0.2) is 0 Å². The van der Waals surface area contributed by atoms with Crippen LogP contribution >= 0.6 is 11.8 Å². The summed E-state index contributed by atoms with van der Waals surface area (Å²) in [6, 6.07) is 11.8. The van der Waals surface area contributed by atoms with Gasteiger partial charge in [-0.15, -0.1) is 0 Å². The topological polar surface area (TPSA) is 70.0 Å². The third kappa shape index (κ3) is 3.57. The minimum absolute atomic E-state index is 0.220. The van der Waals surface area contributed by atoms with Gasteiger partial charge in [-0.1, -0.05) is 18.2 Å². The Hall–Kier alpha value is -1.97. The van der Waals surface area contributed by atoms with Crippen molar-refractivity contribution in [1.29, 1.82) is 5.26 Å². The smallest absolute Gasteiger partial charge is 0.261 e. The number of hydrogen-bond donors (Lipinski definition) is 1. The molecule has 0 aliphatic rings. The van der Waals surface area contributed by atoms with Crippen LogP contribution in [0.3, 0.4) is 0 Å². The Labute approximate surface area is 128 Å². The quantitative estimate of drug-likeness (QED) is 0.689. The molecule has 2 aromatic carbocycles. The van der Waals surface area contributed by atoms with Gasteiger partial charge in [0.2, 0.25) is 0 Å². The van der Waals surface area contributed by atoms with Crippen molar-refractivity contribution in [2.45, 2.75) is 23.6 Å². The molecule has 0 aromatic heterocycles. The van der Waals surface area contributed by atoms with Gasteiger partial charge in [-0.3, -0.25) is 4.72 Å². The number of sulfonamides is 1. The molecular weight excluding hydrogens is 304 g/mol. The van der Waals surface area contributed by atoms with Crippen LogP contribution in [0, 0.1) is 24.5 Å². The third-order valence-corrected chi connectivity index (χ3v) is 5.11. The van der Waals surface area contributed by atoms with E-state index < -0.39 is 10.0 Å². The minimum Gasteiger partial charge on any atom is -0.279 e. The molecule has 0 bridgehead atoms. The van der Waals surface area contributed by atoms with Gasteiger partial charge in [-0.2, -0.15) is 5.26 Å². The van der Waals surface area contributed by atoms with Crippen LogP contribution in [0.25, 0.3) is 0 Å². The number of nitrogens with zero attached hydrogens (tertiary/aromatic N) is 1. The number of rotatable bonds is 4. The first-order valence-electron chi connectivity index (χ1n) is 6.19. The molecule has 0 fully saturated rings. The van der Waals surface area contributed by atoms with Crippen LogP contribution in [0.15, 0.2) is 52.3 Å². The van der Waals surface area contributed by atoms with Crippen molar-refractivity contribution in [3.8, 4) is 5.40 Å². The van der Waals surface area contributed by atoms with Crippen molar-refractivity contribution < 1.29 is 8.42 Å². The minimum atomic E-state index is -3.60. The fourth-order valence-electron chi connectivity index (χ4n) is 1.86. The second-order valence-electron chi connectivity index (χ2n) is 4.54. The van der Waals surface area contributed by atoms with Gasteiger partial charge in [0.1, 0.15) is 5.40 Å². The highest BCUT2D eigenvalue weighted by atomic mass is 32.2. The van der Waals surface area contributed by atoms with Crippen LogP contribution in [-0.4, -0.2) is 8.42 Å². The molecule has 0 radical (unpaired) electrons. The van der Waals surface area contributed by atoms with E-state index in [0.717, 1.165) is 27.8 Å². The standard InChI is InChI=1S/C15H14N2O2S2/c1-11-9-15(20-10-16)12(2)8-14(11)17-21(18,19)13-6-4-3-5-7-13/h3-9,17H,1-2H3. The average molecular weight is 318 g/mol. The number of benzene rings is 2. The Kier molecular flexibility index (Phi) is 4.56. The van der Waals surface area contributed by atoms with Gasteiger partial charge in [-0.05, 0) is 61.0 Å². The first-order valence-corrected chi connectivity index (χ1v) is 8.49. The number of hydrogen-bond acceptors (Lipinski definition) is 4. The summed E-state index contributed by atoms with van der Waals surface area (Å²) in [5, 5.41) is 10.8. The summed E-state index contributed by atoms with van der Waals surface area (Å²) in [5.74, 6) is 0. The van der Waals surface area contributed by atoms with E-state index in [-0.39, 0.29) is 4.90 Å². The van der Waals surface area contributed by atoms with Crippen LogP contribution in [0.5, 0.6) is 0 Å². The summed E-state index contributed by atoms with van der Waals surface area (Å²) in [4.78, 5) is 1.05. The maximum absolute atomic E-state index is 12.3. The predicted molar refractivity (Wildman–Crippen MR) is 84.6 cm³/mol. The highest BCUT2D eigenvalue weighted by Gasteiger charge is 2.15. The fraction of sp³-hybridized carbons (Fsp3) is 0.133. The molecule has 2 aromatic rings. The SMILES string of the molecule is Cc1cc(SC#N)c(C)cc1NS(=O)(=O)c1ccccc1. The van der Waals surface area contributed by atoms with E-state index >= 15 is 0 Å². The first-order chi connectivity index (χ1) is 9.94. The Morgan fingerprint density at radius 2 is 1.76 bits per heavy atom. The number of aryl methyl sites for hydroxylation is 2. The first kappa shape index (κ1) is 15.4. The van der Waals surface area contributed by atoms with E-state index in [9.17, 15) is 8.42 Å². The van der Waals surface area contributed by atoms with E-state index in [4.69, 9.17) is 5.26 Å². The summed E-state index contributed by atoms with van der Waals surface area (Å²) >= 11 is 1.07. The van der Waals surface area contributed by atoms with E-state index in [2.05, 4.69) is 4.72 Å². The van der Waals surface area contributed by atoms with Crippen molar-refractivity contribution >= 4 is 27.5 Å². The molecule has 0 atom stereocenters. The lowest BCUT2D eigenvalue weighted by atomic mass is 10.1. The molecule has 0 spiro atoms. The van der Waals surface area contributed by atoms with Gasteiger partial charge in [-0.25, -0.2) is 8.42 Å². The van der Waals surface area contributed by atoms with Crippen molar-refractivity contribution in [2.75, 3.05) is 4.72 Å². The Morgan fingerprint density at radius 3 is 2.38 bits per heavy atom. The summed E-state index contributed by atoms with van der Waals surface area (Å²) in [6.07, 6.45) is 0. The fourth-order valence-corrected chi connectivity index (χ4v) is 3.56. The van der Waals surface area contributed by atoms with Gasteiger partial charge in [0.05, 0.1) is 10.6 Å². The lowest BCUT2D eigenvalue weighted by Gasteiger charge is -2.13. The van der Waals surface area contributed by atoms with Gasteiger partial charge >= 0.3 is 0 Å². The molecule has 108 valence electrons. The van der Waals surface area contributed by atoms with Crippen LogP contribution < -0.4 is 4.72 Å². The zero-order chi connectivity index (χ0) is 15.5. The Bertz CT molecular complexity index is 794.